The molecule has 24 heavy (non-hydrogen) atoms. The summed E-state index contributed by atoms with van der Waals surface area (Å²) < 4.78 is 10.7. The maximum Gasteiger partial charge on any atom is 0.161 e. The van der Waals surface area contributed by atoms with Crippen molar-refractivity contribution in [1.82, 2.24) is 4.98 Å². The van der Waals surface area contributed by atoms with Gasteiger partial charge in [0.05, 0.1) is 19.9 Å². The van der Waals surface area contributed by atoms with E-state index in [1.165, 1.54) is 0 Å². The third kappa shape index (κ3) is 2.80. The normalized spacial score (nSPS) is 10.7. The zero-order chi connectivity index (χ0) is 17.3. The highest BCUT2D eigenvalue weighted by Crippen LogP contribution is 2.34. The van der Waals surface area contributed by atoms with Gasteiger partial charge in [0.25, 0.3) is 0 Å². The summed E-state index contributed by atoms with van der Waals surface area (Å²) in [5.41, 5.74) is 9.03. The van der Waals surface area contributed by atoms with Gasteiger partial charge in [-0.1, -0.05) is 6.07 Å². The Labute approximate surface area is 141 Å². The molecular formula is C19H21N3O2. The molecule has 0 fully saturated rings. The first-order valence-electron chi connectivity index (χ1n) is 7.63. The van der Waals surface area contributed by atoms with Crippen LogP contribution in [0.15, 0.2) is 42.5 Å². The zero-order valence-electron chi connectivity index (χ0n) is 14.3. The summed E-state index contributed by atoms with van der Waals surface area (Å²) >= 11 is 0. The number of nitrogens with two attached hydrogens (primary N) is 1. The second kappa shape index (κ2) is 6.28. The molecule has 0 amide bonds. The van der Waals surface area contributed by atoms with Crippen molar-refractivity contribution in [2.75, 3.05) is 38.9 Å². The molecule has 0 aliphatic carbocycles. The van der Waals surface area contributed by atoms with Gasteiger partial charge in [-0.05, 0) is 41.8 Å². The number of fused-ring (bicyclic) bond motifs is 1. The highest BCUT2D eigenvalue weighted by Gasteiger charge is 2.10. The van der Waals surface area contributed by atoms with E-state index < -0.39 is 0 Å². The molecule has 2 N–H and O–H groups in total. The minimum absolute atomic E-state index is 0.515. The summed E-state index contributed by atoms with van der Waals surface area (Å²) in [4.78, 5) is 6.61. The first kappa shape index (κ1) is 15.9. The summed E-state index contributed by atoms with van der Waals surface area (Å²) in [6.45, 7) is 0. The zero-order valence-corrected chi connectivity index (χ0v) is 14.3. The largest absolute Gasteiger partial charge is 0.493 e. The van der Waals surface area contributed by atoms with E-state index in [4.69, 9.17) is 15.2 Å². The van der Waals surface area contributed by atoms with Crippen molar-refractivity contribution in [2.24, 2.45) is 0 Å². The van der Waals surface area contributed by atoms with Crippen molar-refractivity contribution in [3.05, 3.63) is 42.5 Å². The van der Waals surface area contributed by atoms with Gasteiger partial charge < -0.3 is 20.1 Å². The maximum absolute atomic E-state index is 6.20. The number of hydrogen-bond acceptors (Lipinski definition) is 5. The van der Waals surface area contributed by atoms with Crippen LogP contribution in [0, 0.1) is 0 Å². The fourth-order valence-corrected chi connectivity index (χ4v) is 2.68. The number of rotatable bonds is 4. The lowest BCUT2D eigenvalue weighted by atomic mass is 10.1. The van der Waals surface area contributed by atoms with Gasteiger partial charge in [0, 0.05) is 30.7 Å². The summed E-state index contributed by atoms with van der Waals surface area (Å²) in [7, 11) is 7.24. The van der Waals surface area contributed by atoms with Crippen LogP contribution in [0.25, 0.3) is 22.0 Å². The monoisotopic (exact) mass is 323 g/mol. The molecular weight excluding hydrogens is 302 g/mol. The second-order valence-electron chi connectivity index (χ2n) is 5.76. The molecule has 0 saturated carbocycles. The van der Waals surface area contributed by atoms with Gasteiger partial charge in [0.15, 0.2) is 11.5 Å². The van der Waals surface area contributed by atoms with Gasteiger partial charge in [0.2, 0.25) is 0 Å². The maximum atomic E-state index is 6.20. The van der Waals surface area contributed by atoms with E-state index in [1.54, 1.807) is 14.2 Å². The van der Waals surface area contributed by atoms with Crippen LogP contribution in [0.1, 0.15) is 0 Å². The molecule has 0 bridgehead atoms. The molecule has 1 heterocycles. The Morgan fingerprint density at radius 1 is 0.917 bits per heavy atom. The van der Waals surface area contributed by atoms with E-state index in [0.717, 1.165) is 27.7 Å². The third-order valence-corrected chi connectivity index (χ3v) is 4.04. The predicted octanol–water partition coefficient (Wildman–Crippen LogP) is 3.57. The first-order chi connectivity index (χ1) is 11.5. The Morgan fingerprint density at radius 2 is 1.67 bits per heavy atom. The number of nitrogen functional groups attached to an aromatic ring is 1. The number of ether oxygens (including phenoxy) is 2. The fraction of sp³-hybridized carbons (Fsp3) is 0.211. The molecule has 124 valence electrons. The highest BCUT2D eigenvalue weighted by molar-refractivity contribution is 5.95. The van der Waals surface area contributed by atoms with Gasteiger partial charge in [-0.15, -0.1) is 0 Å². The minimum Gasteiger partial charge on any atom is -0.493 e. The molecule has 0 spiro atoms. The van der Waals surface area contributed by atoms with Crippen LogP contribution in [0.3, 0.4) is 0 Å². The van der Waals surface area contributed by atoms with Gasteiger partial charge in [-0.25, -0.2) is 4.98 Å². The number of nitrogens with zero attached hydrogens (tertiary/aromatic N) is 2. The Hall–Kier alpha value is -2.95. The second-order valence-corrected chi connectivity index (χ2v) is 5.76. The summed E-state index contributed by atoms with van der Waals surface area (Å²) in [6, 6.07) is 13.9. The van der Waals surface area contributed by atoms with Crippen molar-refractivity contribution in [3.8, 4) is 22.8 Å². The van der Waals surface area contributed by atoms with Crippen LogP contribution in [-0.2, 0) is 0 Å². The Balaban J connectivity index is 2.12. The molecule has 0 unspecified atom stereocenters. The molecule has 3 rings (SSSR count). The van der Waals surface area contributed by atoms with Crippen LogP contribution in [0.4, 0.5) is 11.5 Å². The van der Waals surface area contributed by atoms with Crippen molar-refractivity contribution in [1.29, 1.82) is 0 Å². The number of benzene rings is 2. The Morgan fingerprint density at radius 3 is 2.33 bits per heavy atom. The molecule has 0 aliphatic rings. The topological polar surface area (TPSA) is 60.6 Å². The van der Waals surface area contributed by atoms with Crippen molar-refractivity contribution < 1.29 is 9.47 Å². The van der Waals surface area contributed by atoms with Gasteiger partial charge in [0.1, 0.15) is 5.82 Å². The Bertz CT molecular complexity index is 891. The summed E-state index contributed by atoms with van der Waals surface area (Å²) in [5.74, 6) is 1.87. The molecule has 3 aromatic rings. The summed E-state index contributed by atoms with van der Waals surface area (Å²) in [5, 5.41) is 2.00. The van der Waals surface area contributed by atoms with Gasteiger partial charge >= 0.3 is 0 Å². The molecule has 5 nitrogen and oxygen atoms in total. The number of methoxy groups -OCH3 is 2. The predicted molar refractivity (Wildman–Crippen MR) is 99.0 cm³/mol. The number of aromatic nitrogens is 1. The molecule has 0 atom stereocenters. The molecule has 0 saturated heterocycles. The average molecular weight is 323 g/mol. The third-order valence-electron chi connectivity index (χ3n) is 4.04. The first-order valence-corrected chi connectivity index (χ1v) is 7.63. The lowest BCUT2D eigenvalue weighted by Crippen LogP contribution is -2.08. The van der Waals surface area contributed by atoms with Gasteiger partial charge in [-0.3, -0.25) is 0 Å². The van der Waals surface area contributed by atoms with E-state index >= 15 is 0 Å². The molecule has 0 radical (unpaired) electrons. The summed E-state index contributed by atoms with van der Waals surface area (Å²) in [6.07, 6.45) is 0. The molecule has 2 aromatic carbocycles. The highest BCUT2D eigenvalue weighted by atomic mass is 16.5. The standard InChI is InChI=1S/C19H21N3O2/c1-22(2)14-7-5-12-9-16(21-19(20)15(12)11-14)13-6-8-17(23-3)18(10-13)24-4/h5-11H,1-4H3,(H2,20,21). The number of hydrogen-bond donors (Lipinski definition) is 1. The van der Waals surface area contributed by atoms with E-state index in [1.807, 2.05) is 43.3 Å². The van der Waals surface area contributed by atoms with E-state index in [0.29, 0.717) is 17.3 Å². The van der Waals surface area contributed by atoms with Crippen LogP contribution in [-0.4, -0.2) is 33.3 Å². The quantitative estimate of drug-likeness (QED) is 0.795. The number of pyridine rings is 1. The van der Waals surface area contributed by atoms with Crippen LogP contribution < -0.4 is 20.1 Å². The molecule has 0 aliphatic heterocycles. The van der Waals surface area contributed by atoms with Crippen molar-refractivity contribution in [2.45, 2.75) is 0 Å². The lowest BCUT2D eigenvalue weighted by Gasteiger charge is -2.14. The smallest absolute Gasteiger partial charge is 0.161 e. The molecule has 1 aromatic heterocycles. The lowest BCUT2D eigenvalue weighted by molar-refractivity contribution is 0.355. The van der Waals surface area contributed by atoms with Crippen molar-refractivity contribution in [3.63, 3.8) is 0 Å². The Kier molecular flexibility index (Phi) is 4.16. The SMILES string of the molecule is COc1ccc(-c2cc3ccc(N(C)C)cc3c(N)n2)cc1OC. The van der Waals surface area contributed by atoms with Crippen molar-refractivity contribution >= 4 is 22.3 Å². The number of anilines is 2. The van der Waals surface area contributed by atoms with Crippen LogP contribution >= 0.6 is 0 Å². The van der Waals surface area contributed by atoms with Crippen LogP contribution in [0.5, 0.6) is 11.5 Å². The van der Waals surface area contributed by atoms with Gasteiger partial charge in [-0.2, -0.15) is 0 Å². The van der Waals surface area contributed by atoms with E-state index in [9.17, 15) is 0 Å². The van der Waals surface area contributed by atoms with E-state index in [-0.39, 0.29) is 0 Å². The van der Waals surface area contributed by atoms with Crippen LogP contribution in [0.2, 0.25) is 0 Å². The van der Waals surface area contributed by atoms with E-state index in [2.05, 4.69) is 23.2 Å². The minimum atomic E-state index is 0.515. The fourth-order valence-electron chi connectivity index (χ4n) is 2.68. The molecule has 5 heteroatoms. The average Bonchev–Trinajstić information content (AvgIpc) is 2.60.